The maximum Gasteiger partial charge on any atom is 0.224 e. The van der Waals surface area contributed by atoms with Crippen molar-refractivity contribution in [2.75, 3.05) is 6.54 Å². The van der Waals surface area contributed by atoms with Crippen LogP contribution >= 0.6 is 0 Å². The van der Waals surface area contributed by atoms with E-state index in [4.69, 9.17) is 5.26 Å². The zero-order chi connectivity index (χ0) is 10.1. The first-order valence-electron chi connectivity index (χ1n) is 4.74. The largest absolute Gasteiger partial charge is 0.336 e. The molecule has 1 aliphatic rings. The standard InChI is InChI=1S/C10H16N2O/c1-4-5-12-9(13)6-8(7-11)10(12,2)3/h8H,4-6H2,1-3H3. The highest BCUT2D eigenvalue weighted by Gasteiger charge is 2.45. The number of nitrogens with zero attached hydrogens (tertiary/aromatic N) is 2. The van der Waals surface area contributed by atoms with Crippen molar-refractivity contribution in [3.63, 3.8) is 0 Å². The van der Waals surface area contributed by atoms with Gasteiger partial charge in [0, 0.05) is 13.0 Å². The van der Waals surface area contributed by atoms with Crippen molar-refractivity contribution >= 4 is 5.91 Å². The summed E-state index contributed by atoms with van der Waals surface area (Å²) in [5.41, 5.74) is -0.276. The fourth-order valence-electron chi connectivity index (χ4n) is 1.88. The van der Waals surface area contributed by atoms with E-state index in [-0.39, 0.29) is 17.4 Å². The zero-order valence-electron chi connectivity index (χ0n) is 8.50. The summed E-state index contributed by atoms with van der Waals surface area (Å²) in [5, 5.41) is 8.88. The molecule has 1 aliphatic heterocycles. The van der Waals surface area contributed by atoms with Crippen LogP contribution in [0.4, 0.5) is 0 Å². The lowest BCUT2D eigenvalue weighted by Crippen LogP contribution is -2.44. The zero-order valence-corrected chi connectivity index (χ0v) is 8.50. The minimum Gasteiger partial charge on any atom is -0.336 e. The highest BCUT2D eigenvalue weighted by atomic mass is 16.2. The van der Waals surface area contributed by atoms with Crippen LogP contribution in [0.5, 0.6) is 0 Å². The fraction of sp³-hybridized carbons (Fsp3) is 0.800. The molecule has 1 unspecified atom stereocenters. The normalized spacial score (nSPS) is 26.2. The second kappa shape index (κ2) is 3.37. The van der Waals surface area contributed by atoms with Crippen molar-refractivity contribution in [3.8, 4) is 6.07 Å². The third kappa shape index (κ3) is 1.53. The molecular weight excluding hydrogens is 164 g/mol. The lowest BCUT2D eigenvalue weighted by molar-refractivity contribution is -0.130. The van der Waals surface area contributed by atoms with Gasteiger partial charge >= 0.3 is 0 Å². The average molecular weight is 180 g/mol. The van der Waals surface area contributed by atoms with Crippen molar-refractivity contribution in [2.24, 2.45) is 5.92 Å². The van der Waals surface area contributed by atoms with Gasteiger partial charge in [-0.05, 0) is 20.3 Å². The van der Waals surface area contributed by atoms with E-state index in [0.29, 0.717) is 6.42 Å². The Balaban J connectivity index is 2.85. The molecule has 0 saturated carbocycles. The van der Waals surface area contributed by atoms with Gasteiger partial charge in [0.1, 0.15) is 0 Å². The molecule has 0 radical (unpaired) electrons. The minimum atomic E-state index is -0.276. The highest BCUT2D eigenvalue weighted by Crippen LogP contribution is 2.34. The molecule has 1 heterocycles. The van der Waals surface area contributed by atoms with Gasteiger partial charge in [0.15, 0.2) is 0 Å². The maximum atomic E-state index is 11.5. The summed E-state index contributed by atoms with van der Waals surface area (Å²) >= 11 is 0. The summed E-state index contributed by atoms with van der Waals surface area (Å²) in [6.07, 6.45) is 1.34. The summed E-state index contributed by atoms with van der Waals surface area (Å²) in [7, 11) is 0. The van der Waals surface area contributed by atoms with E-state index in [2.05, 4.69) is 6.07 Å². The van der Waals surface area contributed by atoms with E-state index in [9.17, 15) is 4.79 Å². The molecule has 0 aliphatic carbocycles. The van der Waals surface area contributed by atoms with Crippen molar-refractivity contribution in [1.82, 2.24) is 4.90 Å². The Kier molecular flexibility index (Phi) is 2.60. The number of likely N-dealkylation sites (tertiary alicyclic amines) is 1. The van der Waals surface area contributed by atoms with Crippen LogP contribution in [0.15, 0.2) is 0 Å². The van der Waals surface area contributed by atoms with Gasteiger partial charge in [0.05, 0.1) is 17.5 Å². The Morgan fingerprint density at radius 1 is 1.69 bits per heavy atom. The molecule has 0 bridgehead atoms. The maximum absolute atomic E-state index is 11.5. The second-order valence-electron chi connectivity index (χ2n) is 4.08. The van der Waals surface area contributed by atoms with E-state index in [1.807, 2.05) is 25.7 Å². The van der Waals surface area contributed by atoms with Crippen LogP contribution in [-0.2, 0) is 4.79 Å². The van der Waals surface area contributed by atoms with Crippen LogP contribution in [0, 0.1) is 17.2 Å². The molecule has 1 atom stereocenters. The minimum absolute atomic E-state index is 0.124. The average Bonchev–Trinajstić information content (AvgIpc) is 2.28. The van der Waals surface area contributed by atoms with Crippen LogP contribution < -0.4 is 0 Å². The van der Waals surface area contributed by atoms with E-state index in [0.717, 1.165) is 13.0 Å². The number of nitriles is 1. The second-order valence-corrected chi connectivity index (χ2v) is 4.08. The Hall–Kier alpha value is -1.04. The van der Waals surface area contributed by atoms with Gasteiger partial charge in [-0.3, -0.25) is 4.79 Å². The predicted octanol–water partition coefficient (Wildman–Crippen LogP) is 1.55. The van der Waals surface area contributed by atoms with Crippen LogP contribution in [0.2, 0.25) is 0 Å². The van der Waals surface area contributed by atoms with E-state index < -0.39 is 0 Å². The molecule has 13 heavy (non-hydrogen) atoms. The molecule has 0 aromatic rings. The van der Waals surface area contributed by atoms with Crippen molar-refractivity contribution in [2.45, 2.75) is 39.2 Å². The predicted molar refractivity (Wildman–Crippen MR) is 49.8 cm³/mol. The molecule has 72 valence electrons. The summed E-state index contributed by atoms with van der Waals surface area (Å²) in [6, 6.07) is 2.21. The van der Waals surface area contributed by atoms with E-state index >= 15 is 0 Å². The number of rotatable bonds is 2. The first kappa shape index (κ1) is 10.0. The fourth-order valence-corrected chi connectivity index (χ4v) is 1.88. The Labute approximate surface area is 79.3 Å². The molecule has 0 aromatic heterocycles. The smallest absolute Gasteiger partial charge is 0.224 e. The lowest BCUT2D eigenvalue weighted by Gasteiger charge is -2.33. The number of amides is 1. The quantitative estimate of drug-likeness (QED) is 0.647. The Morgan fingerprint density at radius 3 is 2.69 bits per heavy atom. The third-order valence-corrected chi connectivity index (χ3v) is 2.83. The summed E-state index contributed by atoms with van der Waals surface area (Å²) in [5.74, 6) is -0.0232. The number of hydrogen-bond donors (Lipinski definition) is 0. The molecule has 3 nitrogen and oxygen atoms in total. The van der Waals surface area contributed by atoms with Gasteiger partial charge in [-0.15, -0.1) is 0 Å². The molecule has 1 amide bonds. The Bertz CT molecular complexity index is 252. The molecular formula is C10H16N2O. The SMILES string of the molecule is CCCN1C(=O)CC(C#N)C1(C)C. The lowest BCUT2D eigenvalue weighted by atomic mass is 9.90. The van der Waals surface area contributed by atoms with Crippen molar-refractivity contribution in [1.29, 1.82) is 5.26 Å². The molecule has 1 rings (SSSR count). The summed E-state index contributed by atoms with van der Waals surface area (Å²) < 4.78 is 0. The van der Waals surface area contributed by atoms with Gasteiger partial charge in [0.2, 0.25) is 5.91 Å². The Morgan fingerprint density at radius 2 is 2.31 bits per heavy atom. The van der Waals surface area contributed by atoms with E-state index in [1.165, 1.54) is 0 Å². The molecule has 0 N–H and O–H groups in total. The number of hydrogen-bond acceptors (Lipinski definition) is 2. The van der Waals surface area contributed by atoms with Crippen molar-refractivity contribution in [3.05, 3.63) is 0 Å². The van der Waals surface area contributed by atoms with Gasteiger partial charge in [0.25, 0.3) is 0 Å². The van der Waals surface area contributed by atoms with Crippen LogP contribution in [0.25, 0.3) is 0 Å². The van der Waals surface area contributed by atoms with Crippen LogP contribution in [0.3, 0.4) is 0 Å². The first-order valence-corrected chi connectivity index (χ1v) is 4.74. The van der Waals surface area contributed by atoms with Gasteiger partial charge in [-0.25, -0.2) is 0 Å². The van der Waals surface area contributed by atoms with E-state index in [1.54, 1.807) is 0 Å². The summed E-state index contributed by atoms with van der Waals surface area (Å²) in [4.78, 5) is 13.4. The van der Waals surface area contributed by atoms with Gasteiger partial charge in [-0.1, -0.05) is 6.92 Å². The number of carbonyl (C=O) groups excluding carboxylic acids is 1. The monoisotopic (exact) mass is 180 g/mol. The molecule has 0 aromatic carbocycles. The van der Waals surface area contributed by atoms with Crippen LogP contribution in [-0.4, -0.2) is 22.9 Å². The topological polar surface area (TPSA) is 44.1 Å². The van der Waals surface area contributed by atoms with Gasteiger partial charge in [-0.2, -0.15) is 5.26 Å². The first-order chi connectivity index (χ1) is 6.04. The number of carbonyl (C=O) groups is 1. The highest BCUT2D eigenvalue weighted by molar-refractivity contribution is 5.80. The molecule has 1 fully saturated rings. The third-order valence-electron chi connectivity index (χ3n) is 2.83. The van der Waals surface area contributed by atoms with Gasteiger partial charge < -0.3 is 4.90 Å². The molecule has 0 spiro atoms. The van der Waals surface area contributed by atoms with Crippen molar-refractivity contribution < 1.29 is 4.79 Å². The molecule has 3 heteroatoms. The molecule has 1 saturated heterocycles. The summed E-state index contributed by atoms with van der Waals surface area (Å²) in [6.45, 7) is 6.76. The van der Waals surface area contributed by atoms with Crippen LogP contribution in [0.1, 0.15) is 33.6 Å².